The van der Waals surface area contributed by atoms with Gasteiger partial charge < -0.3 is 5.32 Å². The Labute approximate surface area is 97.2 Å². The predicted molar refractivity (Wildman–Crippen MR) is 66.3 cm³/mol. The Bertz CT molecular complexity index is 363. The third-order valence-corrected chi connectivity index (χ3v) is 2.79. The molecule has 1 amide bonds. The minimum atomic E-state index is -0.181. The van der Waals surface area contributed by atoms with Crippen LogP contribution < -0.4 is 10.6 Å². The summed E-state index contributed by atoms with van der Waals surface area (Å²) in [5.74, 6) is 0.0143. The molecule has 3 nitrogen and oxygen atoms in total. The third kappa shape index (κ3) is 3.07. The average molecular weight is 220 g/mol. The van der Waals surface area contributed by atoms with E-state index in [0.717, 1.165) is 0 Å². The number of amides is 1. The normalized spacial score (nSPS) is 14.2. The van der Waals surface area contributed by atoms with E-state index in [4.69, 9.17) is 0 Å². The molecule has 1 aromatic rings. The molecule has 0 aliphatic carbocycles. The van der Waals surface area contributed by atoms with Gasteiger partial charge in [0.05, 0.1) is 6.04 Å². The highest BCUT2D eigenvalue weighted by Gasteiger charge is 2.15. The summed E-state index contributed by atoms with van der Waals surface area (Å²) in [6.45, 7) is 6.02. The number of aryl methyl sites for hydroxylation is 1. The first kappa shape index (κ1) is 12.7. The molecule has 88 valence electrons. The number of benzene rings is 1. The van der Waals surface area contributed by atoms with Gasteiger partial charge in [-0.2, -0.15) is 0 Å². The van der Waals surface area contributed by atoms with E-state index in [1.54, 1.807) is 7.05 Å². The molecule has 2 atom stereocenters. The van der Waals surface area contributed by atoms with Crippen molar-refractivity contribution in [2.45, 2.75) is 32.9 Å². The lowest BCUT2D eigenvalue weighted by molar-refractivity contribution is -0.122. The largest absolute Gasteiger partial charge is 0.358 e. The van der Waals surface area contributed by atoms with Crippen LogP contribution in [0.5, 0.6) is 0 Å². The highest BCUT2D eigenvalue weighted by atomic mass is 16.2. The number of hydrogen-bond acceptors (Lipinski definition) is 2. The topological polar surface area (TPSA) is 41.1 Å². The maximum Gasteiger partial charge on any atom is 0.236 e. The number of carbonyl (C=O) groups excluding carboxylic acids is 1. The molecule has 0 fully saturated rings. The number of rotatable bonds is 4. The SMILES string of the molecule is CNC(=O)C(C)N[C@H](C)c1ccccc1C. The highest BCUT2D eigenvalue weighted by molar-refractivity contribution is 5.80. The van der Waals surface area contributed by atoms with Crippen LogP contribution >= 0.6 is 0 Å². The fourth-order valence-electron chi connectivity index (χ4n) is 1.83. The van der Waals surface area contributed by atoms with E-state index in [0.29, 0.717) is 0 Å². The molecule has 3 heteroatoms. The zero-order valence-corrected chi connectivity index (χ0v) is 10.4. The van der Waals surface area contributed by atoms with Gasteiger partial charge >= 0.3 is 0 Å². The van der Waals surface area contributed by atoms with Crippen LogP contribution in [0.1, 0.15) is 31.0 Å². The van der Waals surface area contributed by atoms with E-state index in [1.165, 1.54) is 11.1 Å². The molecule has 2 N–H and O–H groups in total. The van der Waals surface area contributed by atoms with Crippen molar-refractivity contribution in [1.29, 1.82) is 0 Å². The monoisotopic (exact) mass is 220 g/mol. The van der Waals surface area contributed by atoms with E-state index in [1.807, 2.05) is 19.1 Å². The van der Waals surface area contributed by atoms with E-state index < -0.39 is 0 Å². The number of nitrogens with one attached hydrogen (secondary N) is 2. The Morgan fingerprint density at radius 3 is 2.44 bits per heavy atom. The lowest BCUT2D eigenvalue weighted by atomic mass is 10.0. The second-order valence-corrected chi connectivity index (χ2v) is 4.08. The fourth-order valence-corrected chi connectivity index (χ4v) is 1.83. The first-order chi connectivity index (χ1) is 7.56. The maximum atomic E-state index is 11.4. The minimum absolute atomic E-state index is 0.0143. The van der Waals surface area contributed by atoms with Gasteiger partial charge in [-0.3, -0.25) is 10.1 Å². The van der Waals surface area contributed by atoms with Crippen molar-refractivity contribution >= 4 is 5.91 Å². The predicted octanol–water partition coefficient (Wildman–Crippen LogP) is 1.78. The molecule has 0 radical (unpaired) electrons. The fraction of sp³-hybridized carbons (Fsp3) is 0.462. The van der Waals surface area contributed by atoms with Crippen LogP contribution in [0.3, 0.4) is 0 Å². The molecule has 0 saturated heterocycles. The molecule has 0 heterocycles. The van der Waals surface area contributed by atoms with Gasteiger partial charge in [0.1, 0.15) is 0 Å². The Morgan fingerprint density at radius 2 is 1.88 bits per heavy atom. The lowest BCUT2D eigenvalue weighted by Gasteiger charge is -2.20. The van der Waals surface area contributed by atoms with Crippen molar-refractivity contribution < 1.29 is 4.79 Å². The molecule has 1 aromatic carbocycles. The van der Waals surface area contributed by atoms with Crippen molar-refractivity contribution in [2.75, 3.05) is 7.05 Å². The maximum absolute atomic E-state index is 11.4. The zero-order valence-electron chi connectivity index (χ0n) is 10.4. The molecule has 1 rings (SSSR count). The summed E-state index contributed by atoms with van der Waals surface area (Å²) in [5.41, 5.74) is 2.48. The zero-order chi connectivity index (χ0) is 12.1. The van der Waals surface area contributed by atoms with Crippen LogP contribution in [0.2, 0.25) is 0 Å². The summed E-state index contributed by atoms with van der Waals surface area (Å²) in [5, 5.41) is 5.91. The second-order valence-electron chi connectivity index (χ2n) is 4.08. The van der Waals surface area contributed by atoms with Gasteiger partial charge in [-0.05, 0) is 31.9 Å². The van der Waals surface area contributed by atoms with Crippen LogP contribution in [0.25, 0.3) is 0 Å². The smallest absolute Gasteiger partial charge is 0.236 e. The van der Waals surface area contributed by atoms with Crippen LogP contribution in [0, 0.1) is 6.92 Å². The number of carbonyl (C=O) groups is 1. The van der Waals surface area contributed by atoms with Crippen LogP contribution in [-0.2, 0) is 4.79 Å². The summed E-state index contributed by atoms with van der Waals surface area (Å²) in [6.07, 6.45) is 0. The Kier molecular flexibility index (Phi) is 4.50. The van der Waals surface area contributed by atoms with Gasteiger partial charge in [0.2, 0.25) is 5.91 Å². The minimum Gasteiger partial charge on any atom is -0.358 e. The number of likely N-dealkylation sites (N-methyl/N-ethyl adjacent to an activating group) is 1. The van der Waals surface area contributed by atoms with Crippen LogP contribution in [0.4, 0.5) is 0 Å². The van der Waals surface area contributed by atoms with Crippen molar-refractivity contribution in [3.05, 3.63) is 35.4 Å². The summed E-state index contributed by atoms with van der Waals surface area (Å²) in [7, 11) is 1.65. The molecule has 1 unspecified atom stereocenters. The van der Waals surface area contributed by atoms with Gasteiger partial charge in [0.15, 0.2) is 0 Å². The first-order valence-corrected chi connectivity index (χ1v) is 5.59. The van der Waals surface area contributed by atoms with Gasteiger partial charge in [0, 0.05) is 13.1 Å². The highest BCUT2D eigenvalue weighted by Crippen LogP contribution is 2.16. The average Bonchev–Trinajstić information content (AvgIpc) is 2.28. The van der Waals surface area contributed by atoms with Gasteiger partial charge in [-0.25, -0.2) is 0 Å². The molecular formula is C13H20N2O. The Balaban J connectivity index is 2.69. The third-order valence-electron chi connectivity index (χ3n) is 2.79. The van der Waals surface area contributed by atoms with Crippen molar-refractivity contribution in [1.82, 2.24) is 10.6 Å². The van der Waals surface area contributed by atoms with Gasteiger partial charge in [-0.1, -0.05) is 24.3 Å². The first-order valence-electron chi connectivity index (χ1n) is 5.59. The second kappa shape index (κ2) is 5.66. The molecule has 0 spiro atoms. The summed E-state index contributed by atoms with van der Waals surface area (Å²) in [4.78, 5) is 11.4. The van der Waals surface area contributed by atoms with Gasteiger partial charge in [0.25, 0.3) is 0 Å². The van der Waals surface area contributed by atoms with Crippen molar-refractivity contribution in [3.63, 3.8) is 0 Å². The standard InChI is InChI=1S/C13H20N2O/c1-9-7-5-6-8-12(9)10(2)15-11(3)13(16)14-4/h5-8,10-11,15H,1-4H3,(H,14,16)/t10-,11?/m1/s1. The molecule has 0 aliphatic heterocycles. The van der Waals surface area contributed by atoms with E-state index in [9.17, 15) is 4.79 Å². The molecule has 0 bridgehead atoms. The van der Waals surface area contributed by atoms with E-state index in [-0.39, 0.29) is 18.0 Å². The summed E-state index contributed by atoms with van der Waals surface area (Å²) >= 11 is 0. The molecule has 0 aliphatic rings. The van der Waals surface area contributed by atoms with E-state index >= 15 is 0 Å². The lowest BCUT2D eigenvalue weighted by Crippen LogP contribution is -2.41. The molecular weight excluding hydrogens is 200 g/mol. The van der Waals surface area contributed by atoms with Crippen LogP contribution in [0.15, 0.2) is 24.3 Å². The number of hydrogen-bond donors (Lipinski definition) is 2. The molecule has 0 aromatic heterocycles. The van der Waals surface area contributed by atoms with Crippen molar-refractivity contribution in [2.24, 2.45) is 0 Å². The molecule has 0 saturated carbocycles. The molecule has 16 heavy (non-hydrogen) atoms. The van der Waals surface area contributed by atoms with Crippen LogP contribution in [-0.4, -0.2) is 19.0 Å². The quantitative estimate of drug-likeness (QED) is 0.812. The Morgan fingerprint density at radius 1 is 1.25 bits per heavy atom. The summed E-state index contributed by atoms with van der Waals surface area (Å²) in [6, 6.07) is 8.20. The van der Waals surface area contributed by atoms with Gasteiger partial charge in [-0.15, -0.1) is 0 Å². The Hall–Kier alpha value is -1.35. The van der Waals surface area contributed by atoms with Crippen molar-refractivity contribution in [3.8, 4) is 0 Å². The summed E-state index contributed by atoms with van der Waals surface area (Å²) < 4.78 is 0. The van der Waals surface area contributed by atoms with E-state index in [2.05, 4.69) is 36.6 Å².